The van der Waals surface area contributed by atoms with E-state index >= 15 is 0 Å². The molecular weight excluding hydrogens is 238 g/mol. The molecule has 0 spiro atoms. The van der Waals surface area contributed by atoms with Crippen molar-refractivity contribution in [2.45, 2.75) is 44.1 Å². The minimum atomic E-state index is -1.000. The highest BCUT2D eigenvalue weighted by atomic mass is 32.2. The molecule has 0 bridgehead atoms. The zero-order chi connectivity index (χ0) is 12.3. The molecule has 1 amide bonds. The quantitative estimate of drug-likeness (QED) is 0.803. The Bertz CT molecular complexity index is 307. The summed E-state index contributed by atoms with van der Waals surface area (Å²) in [5, 5.41) is 12.0. The number of carbonyl (C=O) groups excluding carboxylic acids is 1. The van der Waals surface area contributed by atoms with Crippen LogP contribution in [-0.2, 0) is 9.59 Å². The number of hydrogen-bond donors (Lipinski definition) is 2. The number of nitrogens with one attached hydrogen (secondary N) is 1. The molecular formula is C12H19NO3S. The minimum Gasteiger partial charge on any atom is -0.479 e. The van der Waals surface area contributed by atoms with Gasteiger partial charge in [0, 0.05) is 12.2 Å². The fourth-order valence-corrected chi connectivity index (χ4v) is 4.01. The topological polar surface area (TPSA) is 66.4 Å². The Labute approximate surface area is 106 Å². The predicted octanol–water partition coefficient (Wildman–Crippen LogP) is 1.64. The summed E-state index contributed by atoms with van der Waals surface area (Å²) in [6, 6.07) is 0. The fraction of sp³-hybridized carbons (Fsp3) is 0.833. The zero-order valence-corrected chi connectivity index (χ0v) is 10.7. The maximum Gasteiger partial charge on any atom is 0.330 e. The van der Waals surface area contributed by atoms with Gasteiger partial charge in [0.1, 0.15) is 5.54 Å². The molecule has 4 nitrogen and oxygen atoms in total. The molecule has 17 heavy (non-hydrogen) atoms. The zero-order valence-electron chi connectivity index (χ0n) is 9.91. The van der Waals surface area contributed by atoms with Gasteiger partial charge in [-0.1, -0.05) is 12.8 Å². The van der Waals surface area contributed by atoms with Crippen LogP contribution in [0.2, 0.25) is 0 Å². The van der Waals surface area contributed by atoms with Crippen LogP contribution in [0.5, 0.6) is 0 Å². The number of rotatable bonds is 4. The number of carboxylic acid groups (broad SMARTS) is 1. The lowest BCUT2D eigenvalue weighted by atomic mass is 9.97. The van der Waals surface area contributed by atoms with E-state index < -0.39 is 11.5 Å². The number of aliphatic carboxylic acids is 1. The first kappa shape index (κ1) is 12.7. The Kier molecular flexibility index (Phi) is 3.97. The average Bonchev–Trinajstić information content (AvgIpc) is 2.89. The molecule has 0 aromatic rings. The van der Waals surface area contributed by atoms with Crippen LogP contribution in [0, 0.1) is 5.92 Å². The van der Waals surface area contributed by atoms with E-state index in [0.717, 1.165) is 18.6 Å². The Morgan fingerprint density at radius 3 is 2.59 bits per heavy atom. The average molecular weight is 257 g/mol. The van der Waals surface area contributed by atoms with Gasteiger partial charge in [-0.2, -0.15) is 11.8 Å². The lowest BCUT2D eigenvalue weighted by Crippen LogP contribution is -2.55. The maximum absolute atomic E-state index is 11.9. The first-order chi connectivity index (χ1) is 8.12. The SMILES string of the molecule is O=C(CC1CCCC1)NC1(C(=O)O)CCSC1. The summed E-state index contributed by atoms with van der Waals surface area (Å²) in [5.41, 5.74) is -1.000. The molecule has 1 saturated heterocycles. The number of carbonyl (C=O) groups is 2. The van der Waals surface area contributed by atoms with Crippen LogP contribution in [0.3, 0.4) is 0 Å². The fourth-order valence-electron chi connectivity index (χ4n) is 2.68. The van der Waals surface area contributed by atoms with E-state index in [2.05, 4.69) is 5.32 Å². The van der Waals surface area contributed by atoms with Gasteiger partial charge in [-0.05, 0) is 30.9 Å². The van der Waals surface area contributed by atoms with Crippen LogP contribution in [0.15, 0.2) is 0 Å². The molecule has 2 rings (SSSR count). The molecule has 0 aromatic carbocycles. The van der Waals surface area contributed by atoms with Gasteiger partial charge in [0.05, 0.1) is 0 Å². The summed E-state index contributed by atoms with van der Waals surface area (Å²) in [7, 11) is 0. The van der Waals surface area contributed by atoms with Gasteiger partial charge in [0.15, 0.2) is 0 Å². The van der Waals surface area contributed by atoms with Crippen molar-refractivity contribution in [2.75, 3.05) is 11.5 Å². The van der Waals surface area contributed by atoms with Crippen molar-refractivity contribution in [1.82, 2.24) is 5.32 Å². The molecule has 96 valence electrons. The van der Waals surface area contributed by atoms with Crippen molar-refractivity contribution in [1.29, 1.82) is 0 Å². The summed E-state index contributed by atoms with van der Waals surface area (Å²) in [5.74, 6) is 0.813. The van der Waals surface area contributed by atoms with E-state index in [4.69, 9.17) is 0 Å². The van der Waals surface area contributed by atoms with E-state index in [1.807, 2.05) is 0 Å². The molecule has 0 radical (unpaired) electrons. The third kappa shape index (κ3) is 2.94. The molecule has 1 heterocycles. The smallest absolute Gasteiger partial charge is 0.330 e. The first-order valence-corrected chi connectivity index (χ1v) is 7.40. The Morgan fingerprint density at radius 1 is 1.35 bits per heavy atom. The molecule has 1 atom stereocenters. The van der Waals surface area contributed by atoms with Crippen molar-refractivity contribution >= 4 is 23.6 Å². The van der Waals surface area contributed by atoms with Gasteiger partial charge in [-0.3, -0.25) is 4.79 Å². The first-order valence-electron chi connectivity index (χ1n) is 6.24. The lowest BCUT2D eigenvalue weighted by molar-refractivity contribution is -0.146. The molecule has 1 aliphatic carbocycles. The summed E-state index contributed by atoms with van der Waals surface area (Å²) in [6.45, 7) is 0. The number of hydrogen-bond acceptors (Lipinski definition) is 3. The third-order valence-electron chi connectivity index (χ3n) is 3.76. The van der Waals surface area contributed by atoms with Crippen molar-refractivity contribution in [3.05, 3.63) is 0 Å². The number of carboxylic acids is 1. The normalized spacial score (nSPS) is 29.4. The monoisotopic (exact) mass is 257 g/mol. The predicted molar refractivity (Wildman–Crippen MR) is 67.0 cm³/mol. The molecule has 2 aliphatic rings. The Hall–Kier alpha value is -0.710. The van der Waals surface area contributed by atoms with Crippen LogP contribution in [-0.4, -0.2) is 34.0 Å². The second kappa shape index (κ2) is 5.29. The maximum atomic E-state index is 11.9. The highest BCUT2D eigenvalue weighted by Crippen LogP contribution is 2.30. The van der Waals surface area contributed by atoms with Gasteiger partial charge in [0.25, 0.3) is 0 Å². The highest BCUT2D eigenvalue weighted by Gasteiger charge is 2.43. The van der Waals surface area contributed by atoms with Crippen molar-refractivity contribution in [3.63, 3.8) is 0 Å². The van der Waals surface area contributed by atoms with Crippen LogP contribution in [0.25, 0.3) is 0 Å². The summed E-state index contributed by atoms with van der Waals surface area (Å²) >= 11 is 1.60. The van der Waals surface area contributed by atoms with E-state index in [1.165, 1.54) is 12.8 Å². The van der Waals surface area contributed by atoms with Crippen LogP contribution >= 0.6 is 11.8 Å². The van der Waals surface area contributed by atoms with Gasteiger partial charge >= 0.3 is 5.97 Å². The number of amides is 1. The summed E-state index contributed by atoms with van der Waals surface area (Å²) in [6.07, 6.45) is 5.68. The lowest BCUT2D eigenvalue weighted by Gasteiger charge is -2.25. The summed E-state index contributed by atoms with van der Waals surface area (Å²) < 4.78 is 0. The van der Waals surface area contributed by atoms with E-state index in [9.17, 15) is 14.7 Å². The second-order valence-corrected chi connectivity index (χ2v) is 6.20. The highest BCUT2D eigenvalue weighted by molar-refractivity contribution is 7.99. The standard InChI is InChI=1S/C12H19NO3S/c14-10(7-9-3-1-2-4-9)13-12(11(15)16)5-6-17-8-12/h9H,1-8H2,(H,13,14)(H,15,16). The molecule has 5 heteroatoms. The molecule has 0 aromatic heterocycles. The van der Waals surface area contributed by atoms with Crippen molar-refractivity contribution in [3.8, 4) is 0 Å². The second-order valence-electron chi connectivity index (χ2n) is 5.09. The van der Waals surface area contributed by atoms with Gasteiger partial charge < -0.3 is 10.4 Å². The molecule has 1 unspecified atom stereocenters. The van der Waals surface area contributed by atoms with Gasteiger partial charge in [-0.15, -0.1) is 0 Å². The van der Waals surface area contributed by atoms with Gasteiger partial charge in [-0.25, -0.2) is 4.79 Å². The van der Waals surface area contributed by atoms with Crippen molar-refractivity contribution < 1.29 is 14.7 Å². The molecule has 1 aliphatic heterocycles. The van der Waals surface area contributed by atoms with Gasteiger partial charge in [0.2, 0.25) is 5.91 Å². The van der Waals surface area contributed by atoms with E-state index in [0.29, 0.717) is 24.5 Å². The number of thioether (sulfide) groups is 1. The van der Waals surface area contributed by atoms with Crippen LogP contribution < -0.4 is 5.32 Å². The molecule has 2 fully saturated rings. The van der Waals surface area contributed by atoms with E-state index in [1.54, 1.807) is 11.8 Å². The Morgan fingerprint density at radius 2 is 2.06 bits per heavy atom. The summed E-state index contributed by atoms with van der Waals surface area (Å²) in [4.78, 5) is 23.1. The third-order valence-corrected chi connectivity index (χ3v) is 4.95. The molecule has 2 N–H and O–H groups in total. The van der Waals surface area contributed by atoms with Crippen molar-refractivity contribution in [2.24, 2.45) is 5.92 Å². The van der Waals surface area contributed by atoms with Crippen LogP contribution in [0.1, 0.15) is 38.5 Å². The minimum absolute atomic E-state index is 0.0817. The van der Waals surface area contributed by atoms with Crippen LogP contribution in [0.4, 0.5) is 0 Å². The Balaban J connectivity index is 1.89. The van der Waals surface area contributed by atoms with E-state index in [-0.39, 0.29) is 5.91 Å². The molecule has 1 saturated carbocycles. The largest absolute Gasteiger partial charge is 0.479 e.